The Morgan fingerprint density at radius 3 is 2.58 bits per heavy atom. The highest BCUT2D eigenvalue weighted by Gasteiger charge is 2.15. The first kappa shape index (κ1) is 20.7. The van der Waals surface area contributed by atoms with Gasteiger partial charge in [-0.2, -0.15) is 0 Å². The van der Waals surface area contributed by atoms with E-state index in [1.54, 1.807) is 7.05 Å². The zero-order valence-corrected chi connectivity index (χ0v) is 16.1. The van der Waals surface area contributed by atoms with Crippen LogP contribution in [0.3, 0.4) is 0 Å². The molecule has 6 nitrogen and oxygen atoms in total. The maximum atomic E-state index is 5.88. The molecule has 2 atom stereocenters. The predicted octanol–water partition coefficient (Wildman–Crippen LogP) is 2.51. The molecule has 6 heteroatoms. The first-order valence-electron chi connectivity index (χ1n) is 9.60. The molecule has 0 aromatic heterocycles. The molecule has 2 unspecified atom stereocenters. The lowest BCUT2D eigenvalue weighted by Crippen LogP contribution is -2.38. The van der Waals surface area contributed by atoms with E-state index in [9.17, 15) is 0 Å². The number of rotatable bonds is 11. The SMILES string of the molecule is CN=C(NCCCOC1CCOC1)NCCCOC(C)c1ccccc1. The van der Waals surface area contributed by atoms with E-state index in [1.165, 1.54) is 5.56 Å². The lowest BCUT2D eigenvalue weighted by Gasteiger charge is -2.15. The number of ether oxygens (including phenoxy) is 3. The first-order chi connectivity index (χ1) is 12.8. The van der Waals surface area contributed by atoms with Gasteiger partial charge in [0.05, 0.1) is 18.8 Å². The van der Waals surface area contributed by atoms with Crippen molar-refractivity contribution in [1.29, 1.82) is 0 Å². The molecule has 0 radical (unpaired) electrons. The molecule has 0 bridgehead atoms. The normalized spacial score (nSPS) is 18.7. The van der Waals surface area contributed by atoms with Gasteiger partial charge in [-0.25, -0.2) is 0 Å². The second kappa shape index (κ2) is 12.7. The minimum Gasteiger partial charge on any atom is -0.379 e. The van der Waals surface area contributed by atoms with E-state index in [2.05, 4.69) is 34.7 Å². The summed E-state index contributed by atoms with van der Waals surface area (Å²) in [4.78, 5) is 4.24. The Morgan fingerprint density at radius 1 is 1.19 bits per heavy atom. The Bertz CT molecular complexity index is 504. The Balaban J connectivity index is 1.46. The van der Waals surface area contributed by atoms with Crippen LogP contribution >= 0.6 is 0 Å². The van der Waals surface area contributed by atoms with Crippen LogP contribution < -0.4 is 10.6 Å². The summed E-state index contributed by atoms with van der Waals surface area (Å²) in [5.74, 6) is 0.824. The van der Waals surface area contributed by atoms with Crippen LogP contribution in [0, 0.1) is 0 Å². The van der Waals surface area contributed by atoms with E-state index in [1.807, 2.05) is 18.2 Å². The summed E-state index contributed by atoms with van der Waals surface area (Å²) in [6.07, 6.45) is 3.31. The van der Waals surface area contributed by atoms with Gasteiger partial charge in [-0.15, -0.1) is 0 Å². The number of guanidine groups is 1. The molecule has 1 fully saturated rings. The van der Waals surface area contributed by atoms with Crippen molar-refractivity contribution in [3.63, 3.8) is 0 Å². The molecule has 1 heterocycles. The number of nitrogens with one attached hydrogen (secondary N) is 2. The maximum Gasteiger partial charge on any atom is 0.190 e. The number of benzene rings is 1. The largest absolute Gasteiger partial charge is 0.379 e. The quantitative estimate of drug-likeness (QED) is 0.359. The van der Waals surface area contributed by atoms with E-state index >= 15 is 0 Å². The summed E-state index contributed by atoms with van der Waals surface area (Å²) in [5, 5.41) is 6.62. The lowest BCUT2D eigenvalue weighted by molar-refractivity contribution is 0.0420. The zero-order valence-electron chi connectivity index (χ0n) is 16.1. The van der Waals surface area contributed by atoms with Gasteiger partial charge in [-0.1, -0.05) is 30.3 Å². The minimum atomic E-state index is 0.124. The Hall–Kier alpha value is -1.63. The van der Waals surface area contributed by atoms with Gasteiger partial charge in [0.15, 0.2) is 5.96 Å². The molecule has 2 rings (SSSR count). The molecule has 146 valence electrons. The zero-order chi connectivity index (χ0) is 18.5. The fourth-order valence-corrected chi connectivity index (χ4v) is 2.75. The van der Waals surface area contributed by atoms with Crippen molar-refractivity contribution in [2.45, 2.75) is 38.4 Å². The van der Waals surface area contributed by atoms with Crippen molar-refractivity contribution in [1.82, 2.24) is 10.6 Å². The summed E-state index contributed by atoms with van der Waals surface area (Å²) in [7, 11) is 1.79. The average molecular weight is 364 g/mol. The summed E-state index contributed by atoms with van der Waals surface area (Å²) >= 11 is 0. The summed E-state index contributed by atoms with van der Waals surface area (Å²) in [6.45, 7) is 6.80. The van der Waals surface area contributed by atoms with E-state index in [0.29, 0.717) is 0 Å². The van der Waals surface area contributed by atoms with Crippen LogP contribution in [0.2, 0.25) is 0 Å². The summed E-state index contributed by atoms with van der Waals surface area (Å²) < 4.78 is 16.9. The van der Waals surface area contributed by atoms with E-state index in [-0.39, 0.29) is 12.2 Å². The monoisotopic (exact) mass is 363 g/mol. The third-order valence-corrected chi connectivity index (χ3v) is 4.33. The van der Waals surface area contributed by atoms with Crippen molar-refractivity contribution in [2.24, 2.45) is 4.99 Å². The Kier molecular flexibility index (Phi) is 10.1. The van der Waals surface area contributed by atoms with Crippen LogP contribution in [0.4, 0.5) is 0 Å². The molecule has 1 aromatic carbocycles. The van der Waals surface area contributed by atoms with E-state index in [4.69, 9.17) is 14.2 Å². The fourth-order valence-electron chi connectivity index (χ4n) is 2.75. The molecule has 0 aliphatic carbocycles. The molecular weight excluding hydrogens is 330 g/mol. The topological polar surface area (TPSA) is 64.1 Å². The number of nitrogens with zero attached hydrogens (tertiary/aromatic N) is 1. The van der Waals surface area contributed by atoms with Gasteiger partial charge in [0.1, 0.15) is 0 Å². The van der Waals surface area contributed by atoms with Gasteiger partial charge < -0.3 is 24.8 Å². The van der Waals surface area contributed by atoms with Gasteiger partial charge in [0.25, 0.3) is 0 Å². The third kappa shape index (κ3) is 8.17. The molecule has 1 aliphatic rings. The molecule has 0 amide bonds. The molecule has 0 spiro atoms. The number of hydrogen-bond donors (Lipinski definition) is 2. The molecule has 0 saturated carbocycles. The average Bonchev–Trinajstić information content (AvgIpc) is 3.20. The van der Waals surface area contributed by atoms with Crippen LogP contribution in [0.1, 0.15) is 37.9 Å². The van der Waals surface area contributed by atoms with Crippen LogP contribution in [0.25, 0.3) is 0 Å². The van der Waals surface area contributed by atoms with Crippen molar-refractivity contribution in [2.75, 3.05) is 46.6 Å². The maximum absolute atomic E-state index is 5.88. The van der Waals surface area contributed by atoms with Crippen LogP contribution in [0.5, 0.6) is 0 Å². The summed E-state index contributed by atoms with van der Waals surface area (Å²) in [6, 6.07) is 10.3. The minimum absolute atomic E-state index is 0.124. The molecular formula is C20H33N3O3. The highest BCUT2D eigenvalue weighted by atomic mass is 16.5. The van der Waals surface area contributed by atoms with Crippen molar-refractivity contribution in [3.05, 3.63) is 35.9 Å². The second-order valence-electron chi connectivity index (χ2n) is 6.41. The number of aliphatic imine (C=N–C) groups is 1. The van der Waals surface area contributed by atoms with Gasteiger partial charge in [-0.05, 0) is 31.7 Å². The standard InChI is InChI=1S/C20H33N3O3/c1-17(18-8-4-3-5-9-18)25-13-6-11-22-20(21-2)23-12-7-14-26-19-10-15-24-16-19/h3-5,8-9,17,19H,6-7,10-16H2,1-2H3,(H2,21,22,23). The van der Waals surface area contributed by atoms with Gasteiger partial charge in [0, 0.05) is 40.0 Å². The van der Waals surface area contributed by atoms with Crippen molar-refractivity contribution >= 4 is 5.96 Å². The smallest absolute Gasteiger partial charge is 0.190 e. The van der Waals surface area contributed by atoms with Crippen molar-refractivity contribution in [3.8, 4) is 0 Å². The van der Waals surface area contributed by atoms with E-state index in [0.717, 1.165) is 64.7 Å². The molecule has 1 saturated heterocycles. The second-order valence-corrected chi connectivity index (χ2v) is 6.41. The predicted molar refractivity (Wildman–Crippen MR) is 105 cm³/mol. The van der Waals surface area contributed by atoms with E-state index < -0.39 is 0 Å². The first-order valence-corrected chi connectivity index (χ1v) is 9.60. The highest BCUT2D eigenvalue weighted by Crippen LogP contribution is 2.15. The third-order valence-electron chi connectivity index (χ3n) is 4.33. The molecule has 1 aromatic rings. The Labute approximate surface area is 157 Å². The lowest BCUT2D eigenvalue weighted by atomic mass is 10.1. The summed E-state index contributed by atoms with van der Waals surface area (Å²) in [5.41, 5.74) is 1.21. The number of hydrogen-bond acceptors (Lipinski definition) is 4. The molecule has 1 aliphatic heterocycles. The van der Waals surface area contributed by atoms with Gasteiger partial charge >= 0.3 is 0 Å². The van der Waals surface area contributed by atoms with Crippen molar-refractivity contribution < 1.29 is 14.2 Å². The van der Waals surface area contributed by atoms with Crippen LogP contribution in [0.15, 0.2) is 35.3 Å². The fraction of sp³-hybridized carbons (Fsp3) is 0.650. The highest BCUT2D eigenvalue weighted by molar-refractivity contribution is 5.79. The molecule has 26 heavy (non-hydrogen) atoms. The van der Waals surface area contributed by atoms with Crippen LogP contribution in [-0.2, 0) is 14.2 Å². The molecule has 2 N–H and O–H groups in total. The van der Waals surface area contributed by atoms with Crippen LogP contribution in [-0.4, -0.2) is 58.6 Å². The van der Waals surface area contributed by atoms with Gasteiger partial charge in [0.2, 0.25) is 0 Å². The Morgan fingerprint density at radius 2 is 1.92 bits per heavy atom. The van der Waals surface area contributed by atoms with Gasteiger partial charge in [-0.3, -0.25) is 4.99 Å².